The zero-order valence-corrected chi connectivity index (χ0v) is 13.5. The van der Waals surface area contributed by atoms with Crippen molar-refractivity contribution in [1.29, 1.82) is 0 Å². The smallest absolute Gasteiger partial charge is 0.269 e. The molecule has 0 saturated carbocycles. The van der Waals surface area contributed by atoms with Gasteiger partial charge in [-0.05, 0) is 31.5 Å². The lowest BCUT2D eigenvalue weighted by atomic mass is 9.95. The van der Waals surface area contributed by atoms with Gasteiger partial charge in [0.25, 0.3) is 5.69 Å². The first-order valence-electron chi connectivity index (χ1n) is 7.98. The number of non-ortho nitro benzene ring substituents is 1. The highest BCUT2D eigenvalue weighted by molar-refractivity contribution is 5.35. The Kier molecular flexibility index (Phi) is 4.86. The van der Waals surface area contributed by atoms with Gasteiger partial charge >= 0.3 is 0 Å². The Labute approximate surface area is 139 Å². The molecule has 1 aliphatic heterocycles. The molecule has 3 rings (SSSR count). The molecule has 1 atom stereocenters. The first-order valence-corrected chi connectivity index (χ1v) is 7.98. The molecule has 1 aromatic heterocycles. The van der Waals surface area contributed by atoms with Crippen molar-refractivity contribution < 1.29 is 14.6 Å². The third-order valence-corrected chi connectivity index (χ3v) is 4.39. The first kappa shape index (κ1) is 16.5. The highest BCUT2D eigenvalue weighted by Gasteiger charge is 2.25. The predicted octanol–water partition coefficient (Wildman–Crippen LogP) is 2.20. The van der Waals surface area contributed by atoms with E-state index in [1.165, 1.54) is 12.1 Å². The normalized spacial score (nSPS) is 17.8. The standard InChI is InChI=1S/C16H20N4O4/c1-11-17-16(18-24-11)12-5-7-19(8-6-12)10-15(21)13-3-2-4-14(9-13)20(22)23/h2-4,9,12,15,21H,5-8,10H2,1H3/t15-/m1/s1. The van der Waals surface area contributed by atoms with Gasteiger partial charge in [-0.2, -0.15) is 4.98 Å². The number of β-amino-alcohol motifs (C(OH)–C–C–N with tert-alkyl or cyclic N) is 1. The van der Waals surface area contributed by atoms with Crippen LogP contribution in [0.15, 0.2) is 28.8 Å². The fourth-order valence-electron chi connectivity index (χ4n) is 3.05. The van der Waals surface area contributed by atoms with Gasteiger partial charge in [0.05, 0.1) is 11.0 Å². The average Bonchev–Trinajstić information content (AvgIpc) is 3.02. The van der Waals surface area contributed by atoms with Crippen molar-refractivity contribution in [2.24, 2.45) is 0 Å². The molecular weight excluding hydrogens is 312 g/mol. The summed E-state index contributed by atoms with van der Waals surface area (Å²) in [6.07, 6.45) is 1.07. The molecule has 24 heavy (non-hydrogen) atoms. The Morgan fingerprint density at radius 1 is 1.46 bits per heavy atom. The molecule has 8 nitrogen and oxygen atoms in total. The molecule has 0 spiro atoms. The number of aliphatic hydroxyl groups is 1. The van der Waals surface area contributed by atoms with Gasteiger partial charge in [-0.15, -0.1) is 0 Å². The maximum Gasteiger partial charge on any atom is 0.269 e. The number of aromatic nitrogens is 2. The minimum absolute atomic E-state index is 0.00210. The number of hydrogen-bond donors (Lipinski definition) is 1. The summed E-state index contributed by atoms with van der Waals surface area (Å²) in [6, 6.07) is 6.17. The highest BCUT2D eigenvalue weighted by atomic mass is 16.6. The number of rotatable bonds is 5. The molecule has 1 N–H and O–H groups in total. The number of nitro groups is 1. The van der Waals surface area contributed by atoms with Crippen LogP contribution in [0.2, 0.25) is 0 Å². The molecule has 128 valence electrons. The van der Waals surface area contributed by atoms with Crippen molar-refractivity contribution in [3.63, 3.8) is 0 Å². The second kappa shape index (κ2) is 7.06. The minimum Gasteiger partial charge on any atom is -0.387 e. The number of piperidine rings is 1. The van der Waals surface area contributed by atoms with E-state index in [-0.39, 0.29) is 11.6 Å². The summed E-state index contributed by atoms with van der Waals surface area (Å²) in [7, 11) is 0. The molecule has 0 bridgehead atoms. The van der Waals surface area contributed by atoms with Crippen LogP contribution in [-0.4, -0.2) is 44.7 Å². The van der Waals surface area contributed by atoms with Gasteiger partial charge in [0.1, 0.15) is 0 Å². The van der Waals surface area contributed by atoms with E-state index in [2.05, 4.69) is 15.0 Å². The van der Waals surface area contributed by atoms with Crippen molar-refractivity contribution >= 4 is 5.69 Å². The quantitative estimate of drug-likeness (QED) is 0.661. The van der Waals surface area contributed by atoms with E-state index >= 15 is 0 Å². The van der Waals surface area contributed by atoms with E-state index in [0.717, 1.165) is 31.8 Å². The summed E-state index contributed by atoms with van der Waals surface area (Å²) < 4.78 is 5.03. The van der Waals surface area contributed by atoms with Crippen LogP contribution < -0.4 is 0 Å². The number of aryl methyl sites for hydroxylation is 1. The molecule has 0 radical (unpaired) electrons. The Balaban J connectivity index is 1.55. The van der Waals surface area contributed by atoms with Crippen LogP contribution in [0, 0.1) is 17.0 Å². The van der Waals surface area contributed by atoms with Gasteiger partial charge in [0.15, 0.2) is 5.82 Å². The van der Waals surface area contributed by atoms with Crippen molar-refractivity contribution in [1.82, 2.24) is 15.0 Å². The molecule has 0 unspecified atom stereocenters. The largest absolute Gasteiger partial charge is 0.387 e. The fraction of sp³-hybridized carbons (Fsp3) is 0.500. The number of nitro benzene ring substituents is 1. The molecular formula is C16H20N4O4. The van der Waals surface area contributed by atoms with E-state index in [1.807, 2.05) is 0 Å². The van der Waals surface area contributed by atoms with Gasteiger partial charge in [-0.25, -0.2) is 0 Å². The second-order valence-corrected chi connectivity index (χ2v) is 6.11. The highest BCUT2D eigenvalue weighted by Crippen LogP contribution is 2.27. The number of aliphatic hydroxyl groups excluding tert-OH is 1. The van der Waals surface area contributed by atoms with Gasteiger partial charge in [0, 0.05) is 31.5 Å². The van der Waals surface area contributed by atoms with Crippen LogP contribution in [-0.2, 0) is 0 Å². The maximum atomic E-state index is 10.8. The summed E-state index contributed by atoms with van der Waals surface area (Å²) in [5.41, 5.74) is 0.567. The summed E-state index contributed by atoms with van der Waals surface area (Å²) in [5.74, 6) is 1.62. The van der Waals surface area contributed by atoms with E-state index in [4.69, 9.17) is 4.52 Å². The van der Waals surface area contributed by atoms with Gasteiger partial charge in [-0.3, -0.25) is 10.1 Å². The van der Waals surface area contributed by atoms with Crippen LogP contribution in [0.3, 0.4) is 0 Å². The summed E-state index contributed by atoms with van der Waals surface area (Å²) in [4.78, 5) is 16.8. The summed E-state index contributed by atoms with van der Waals surface area (Å²) in [6.45, 7) is 3.88. The molecule has 1 fully saturated rings. The molecule has 2 aromatic rings. The number of hydrogen-bond acceptors (Lipinski definition) is 7. The lowest BCUT2D eigenvalue weighted by Crippen LogP contribution is -2.36. The zero-order valence-electron chi connectivity index (χ0n) is 13.5. The Bertz CT molecular complexity index is 710. The molecule has 1 aromatic carbocycles. The lowest BCUT2D eigenvalue weighted by Gasteiger charge is -2.31. The van der Waals surface area contributed by atoms with E-state index in [1.54, 1.807) is 19.1 Å². The van der Waals surface area contributed by atoms with Crippen molar-refractivity contribution in [3.8, 4) is 0 Å². The monoisotopic (exact) mass is 332 g/mol. The number of benzene rings is 1. The lowest BCUT2D eigenvalue weighted by molar-refractivity contribution is -0.385. The van der Waals surface area contributed by atoms with Crippen molar-refractivity contribution in [2.75, 3.05) is 19.6 Å². The Morgan fingerprint density at radius 3 is 2.83 bits per heavy atom. The predicted molar refractivity (Wildman–Crippen MR) is 85.5 cm³/mol. The molecule has 2 heterocycles. The average molecular weight is 332 g/mol. The molecule has 1 saturated heterocycles. The van der Waals surface area contributed by atoms with Gasteiger partial charge < -0.3 is 14.5 Å². The first-order chi connectivity index (χ1) is 11.5. The SMILES string of the molecule is Cc1nc(C2CCN(C[C@@H](O)c3cccc([N+](=O)[O-])c3)CC2)no1. The second-order valence-electron chi connectivity index (χ2n) is 6.11. The van der Waals surface area contributed by atoms with Crippen LogP contribution in [0.4, 0.5) is 5.69 Å². The van der Waals surface area contributed by atoms with Crippen LogP contribution in [0.5, 0.6) is 0 Å². The van der Waals surface area contributed by atoms with Crippen molar-refractivity contribution in [3.05, 3.63) is 51.7 Å². The number of likely N-dealkylation sites (tertiary alicyclic amines) is 1. The summed E-state index contributed by atoms with van der Waals surface area (Å²) in [5, 5.41) is 25.2. The van der Waals surface area contributed by atoms with Crippen LogP contribution in [0.25, 0.3) is 0 Å². The zero-order chi connectivity index (χ0) is 17.1. The fourth-order valence-corrected chi connectivity index (χ4v) is 3.05. The summed E-state index contributed by atoms with van der Waals surface area (Å²) >= 11 is 0. The molecule has 0 amide bonds. The van der Waals surface area contributed by atoms with E-state index in [9.17, 15) is 15.2 Å². The topological polar surface area (TPSA) is 106 Å². The van der Waals surface area contributed by atoms with Crippen LogP contribution >= 0.6 is 0 Å². The van der Waals surface area contributed by atoms with Crippen molar-refractivity contribution in [2.45, 2.75) is 31.8 Å². The molecule has 1 aliphatic rings. The van der Waals surface area contributed by atoms with E-state index < -0.39 is 11.0 Å². The van der Waals surface area contributed by atoms with Crippen LogP contribution in [0.1, 0.15) is 42.1 Å². The molecule has 8 heteroatoms. The Hall–Kier alpha value is -2.32. The Morgan fingerprint density at radius 2 is 2.21 bits per heavy atom. The third kappa shape index (κ3) is 3.77. The maximum absolute atomic E-state index is 10.8. The molecule has 0 aliphatic carbocycles. The van der Waals surface area contributed by atoms with E-state index in [0.29, 0.717) is 18.0 Å². The minimum atomic E-state index is -0.742. The van der Waals surface area contributed by atoms with Gasteiger partial charge in [-0.1, -0.05) is 17.3 Å². The third-order valence-electron chi connectivity index (χ3n) is 4.39. The van der Waals surface area contributed by atoms with Gasteiger partial charge in [0.2, 0.25) is 5.89 Å². The number of nitrogens with zero attached hydrogens (tertiary/aromatic N) is 4.